The van der Waals surface area contributed by atoms with Crippen molar-refractivity contribution in [3.8, 4) is 17.4 Å². The van der Waals surface area contributed by atoms with E-state index in [1.807, 2.05) is 0 Å². The molecule has 2 heterocycles. The first-order valence-corrected chi connectivity index (χ1v) is 5.97. The molecule has 19 heavy (non-hydrogen) atoms. The first-order valence-electron chi connectivity index (χ1n) is 5.97. The molecule has 100 valence electrons. The second-order valence-corrected chi connectivity index (χ2v) is 3.55. The average molecular weight is 262 g/mol. The summed E-state index contributed by atoms with van der Waals surface area (Å²) in [6.07, 6.45) is 3.23. The minimum absolute atomic E-state index is 0.0440. The molecule has 0 spiro atoms. The molecule has 0 radical (unpaired) electrons. The molecular weight excluding hydrogens is 248 g/mol. The van der Waals surface area contributed by atoms with E-state index in [1.54, 1.807) is 38.4 Å². The summed E-state index contributed by atoms with van der Waals surface area (Å²) in [5, 5.41) is 0. The van der Waals surface area contributed by atoms with Gasteiger partial charge in [0.2, 0.25) is 11.6 Å². The number of hydrogen-bond acceptors (Lipinski definition) is 6. The van der Waals surface area contributed by atoms with Crippen LogP contribution in [-0.4, -0.2) is 29.2 Å². The predicted molar refractivity (Wildman–Crippen MR) is 66.9 cm³/mol. The second kappa shape index (κ2) is 5.99. The highest BCUT2D eigenvalue weighted by atomic mass is 16.6. The standard InChI is InChI=1S/C13H14N2O4/c1-3-17-12(16)10-13(18-4-2)19-11(15-10)9-6-5-7-14-8-9/h5-8H,3-4H2,1-2H3. The second-order valence-electron chi connectivity index (χ2n) is 3.55. The van der Waals surface area contributed by atoms with E-state index in [9.17, 15) is 4.79 Å². The van der Waals surface area contributed by atoms with Crippen molar-refractivity contribution in [3.63, 3.8) is 0 Å². The molecule has 0 fully saturated rings. The molecule has 6 nitrogen and oxygen atoms in total. The molecule has 0 saturated heterocycles. The molecule has 2 aromatic heterocycles. The number of nitrogens with zero attached hydrogens (tertiary/aromatic N) is 2. The average Bonchev–Trinajstić information content (AvgIpc) is 2.85. The molecule has 2 aromatic rings. The fraction of sp³-hybridized carbons (Fsp3) is 0.308. The number of oxazole rings is 1. The number of esters is 1. The van der Waals surface area contributed by atoms with E-state index in [1.165, 1.54) is 0 Å². The lowest BCUT2D eigenvalue weighted by atomic mass is 10.3. The van der Waals surface area contributed by atoms with E-state index in [2.05, 4.69) is 9.97 Å². The number of rotatable bonds is 5. The zero-order chi connectivity index (χ0) is 13.7. The van der Waals surface area contributed by atoms with E-state index < -0.39 is 5.97 Å². The van der Waals surface area contributed by atoms with Crippen LogP contribution in [0.15, 0.2) is 28.9 Å². The third kappa shape index (κ3) is 2.90. The Morgan fingerprint density at radius 1 is 1.37 bits per heavy atom. The van der Waals surface area contributed by atoms with Crippen molar-refractivity contribution >= 4 is 5.97 Å². The number of carbonyl (C=O) groups excluding carboxylic acids is 1. The van der Waals surface area contributed by atoms with Crippen molar-refractivity contribution in [1.29, 1.82) is 0 Å². The molecule has 0 aliphatic rings. The van der Waals surface area contributed by atoms with Crippen molar-refractivity contribution in [2.24, 2.45) is 0 Å². The van der Waals surface area contributed by atoms with Crippen LogP contribution in [0.25, 0.3) is 11.5 Å². The van der Waals surface area contributed by atoms with E-state index in [0.717, 1.165) is 0 Å². The van der Waals surface area contributed by atoms with Gasteiger partial charge in [0, 0.05) is 12.4 Å². The summed E-state index contributed by atoms with van der Waals surface area (Å²) < 4.78 is 15.6. The van der Waals surface area contributed by atoms with Gasteiger partial charge in [-0.25, -0.2) is 4.79 Å². The monoisotopic (exact) mass is 262 g/mol. The molecule has 0 atom stereocenters. The van der Waals surface area contributed by atoms with Crippen LogP contribution in [0.3, 0.4) is 0 Å². The highest BCUT2D eigenvalue weighted by molar-refractivity contribution is 5.90. The molecule has 0 aromatic carbocycles. The highest BCUT2D eigenvalue weighted by Crippen LogP contribution is 2.27. The molecule has 0 bridgehead atoms. The quantitative estimate of drug-likeness (QED) is 0.770. The number of ether oxygens (including phenoxy) is 2. The van der Waals surface area contributed by atoms with Gasteiger partial charge in [0.15, 0.2) is 0 Å². The van der Waals surface area contributed by atoms with Crippen LogP contribution in [0.5, 0.6) is 5.95 Å². The largest absolute Gasteiger partial charge is 0.464 e. The van der Waals surface area contributed by atoms with Gasteiger partial charge in [-0.05, 0) is 26.0 Å². The predicted octanol–water partition coefficient (Wildman–Crippen LogP) is 2.31. The summed E-state index contributed by atoms with van der Waals surface area (Å²) in [5.74, 6) is -0.218. The van der Waals surface area contributed by atoms with Gasteiger partial charge in [-0.2, -0.15) is 4.98 Å². The van der Waals surface area contributed by atoms with E-state index in [4.69, 9.17) is 13.9 Å². The van der Waals surface area contributed by atoms with Gasteiger partial charge < -0.3 is 13.9 Å². The molecule has 0 aliphatic heterocycles. The van der Waals surface area contributed by atoms with Crippen LogP contribution in [0.4, 0.5) is 0 Å². The smallest absolute Gasteiger partial charge is 0.364 e. The highest BCUT2D eigenvalue weighted by Gasteiger charge is 2.23. The SMILES string of the molecule is CCOC(=O)c1nc(-c2cccnc2)oc1OCC. The van der Waals surface area contributed by atoms with Gasteiger partial charge >= 0.3 is 11.9 Å². The van der Waals surface area contributed by atoms with Gasteiger partial charge in [-0.15, -0.1) is 0 Å². The minimum Gasteiger partial charge on any atom is -0.464 e. The van der Waals surface area contributed by atoms with Crippen molar-refractivity contribution in [3.05, 3.63) is 30.2 Å². The molecular formula is C13H14N2O4. The van der Waals surface area contributed by atoms with Gasteiger partial charge in [0.25, 0.3) is 0 Å². The molecule has 0 unspecified atom stereocenters. The number of aromatic nitrogens is 2. The lowest BCUT2D eigenvalue weighted by Crippen LogP contribution is -2.07. The van der Waals surface area contributed by atoms with Gasteiger partial charge in [0.1, 0.15) is 0 Å². The summed E-state index contributed by atoms with van der Waals surface area (Å²) >= 11 is 0. The van der Waals surface area contributed by atoms with Crippen LogP contribution in [-0.2, 0) is 4.74 Å². The molecule has 2 rings (SSSR count). The third-order valence-corrected chi connectivity index (χ3v) is 2.25. The Labute approximate surface area is 110 Å². The fourth-order valence-corrected chi connectivity index (χ4v) is 1.48. The minimum atomic E-state index is -0.565. The van der Waals surface area contributed by atoms with Gasteiger partial charge in [-0.1, -0.05) is 0 Å². The normalized spacial score (nSPS) is 10.2. The van der Waals surface area contributed by atoms with E-state index >= 15 is 0 Å². The Kier molecular flexibility index (Phi) is 4.12. The van der Waals surface area contributed by atoms with Crippen LogP contribution in [0.2, 0.25) is 0 Å². The summed E-state index contributed by atoms with van der Waals surface area (Å²) in [7, 11) is 0. The summed E-state index contributed by atoms with van der Waals surface area (Å²) in [6.45, 7) is 4.15. The molecule has 0 N–H and O–H groups in total. The fourth-order valence-electron chi connectivity index (χ4n) is 1.48. The maximum atomic E-state index is 11.7. The number of hydrogen-bond donors (Lipinski definition) is 0. The van der Waals surface area contributed by atoms with Crippen molar-refractivity contribution < 1.29 is 18.7 Å². The molecule has 6 heteroatoms. The van der Waals surface area contributed by atoms with Crippen LogP contribution in [0, 0.1) is 0 Å². The van der Waals surface area contributed by atoms with Crippen molar-refractivity contribution in [2.45, 2.75) is 13.8 Å². The Morgan fingerprint density at radius 2 is 2.21 bits per heavy atom. The topological polar surface area (TPSA) is 74.5 Å². The first-order chi connectivity index (χ1) is 9.26. The van der Waals surface area contributed by atoms with Crippen molar-refractivity contribution in [1.82, 2.24) is 9.97 Å². The number of carbonyl (C=O) groups is 1. The molecule has 0 saturated carbocycles. The Morgan fingerprint density at radius 3 is 2.84 bits per heavy atom. The van der Waals surface area contributed by atoms with E-state index in [-0.39, 0.29) is 24.1 Å². The van der Waals surface area contributed by atoms with Crippen LogP contribution in [0.1, 0.15) is 24.3 Å². The zero-order valence-corrected chi connectivity index (χ0v) is 10.8. The van der Waals surface area contributed by atoms with Gasteiger partial charge in [-0.3, -0.25) is 4.98 Å². The maximum absolute atomic E-state index is 11.7. The van der Waals surface area contributed by atoms with Crippen LogP contribution < -0.4 is 4.74 Å². The first kappa shape index (κ1) is 13.1. The van der Waals surface area contributed by atoms with Crippen molar-refractivity contribution in [2.75, 3.05) is 13.2 Å². The summed E-state index contributed by atoms with van der Waals surface area (Å²) in [5.41, 5.74) is 0.710. The Hall–Kier alpha value is -2.37. The van der Waals surface area contributed by atoms with E-state index in [0.29, 0.717) is 12.2 Å². The number of pyridine rings is 1. The Balaban J connectivity index is 2.37. The summed E-state index contributed by atoms with van der Waals surface area (Å²) in [6, 6.07) is 3.54. The lowest BCUT2D eigenvalue weighted by molar-refractivity contribution is 0.0512. The molecule has 0 amide bonds. The Bertz CT molecular complexity index is 551. The molecule has 0 aliphatic carbocycles. The third-order valence-electron chi connectivity index (χ3n) is 2.25. The van der Waals surface area contributed by atoms with Gasteiger partial charge in [0.05, 0.1) is 18.8 Å². The lowest BCUT2D eigenvalue weighted by Gasteiger charge is -2.00. The zero-order valence-electron chi connectivity index (χ0n) is 10.8. The maximum Gasteiger partial charge on any atom is 0.364 e. The summed E-state index contributed by atoms with van der Waals surface area (Å²) in [4.78, 5) is 19.8. The van der Waals surface area contributed by atoms with Crippen LogP contribution >= 0.6 is 0 Å².